The first-order valence-electron chi connectivity index (χ1n) is 21.6. The lowest BCUT2D eigenvalue weighted by atomic mass is 10.0. The molecule has 0 rings (SSSR count). The molecule has 0 aliphatic rings. The SMILES string of the molecule is CCCCCCCCCCCCCCCC(=O)N[C@@H](CCC(=O)N[C@@H](CSC(=O)CCCCCCCCCCCCCCC)C(=O)NCC(=O)O)C(=O)O. The van der Waals surface area contributed by atoms with Crippen molar-refractivity contribution in [1.29, 1.82) is 0 Å². The van der Waals surface area contributed by atoms with Gasteiger partial charge in [-0.3, -0.25) is 24.0 Å². The number of carbonyl (C=O) groups is 6. The second-order valence-corrected chi connectivity index (χ2v) is 16.0. The van der Waals surface area contributed by atoms with Crippen LogP contribution in [0.3, 0.4) is 0 Å². The third-order valence-electron chi connectivity index (χ3n) is 9.76. The lowest BCUT2D eigenvalue weighted by Crippen LogP contribution is -2.50. The number of nitrogens with one attached hydrogen (secondary N) is 3. The summed E-state index contributed by atoms with van der Waals surface area (Å²) in [6.45, 7) is 3.82. The van der Waals surface area contributed by atoms with E-state index < -0.39 is 42.4 Å². The first-order chi connectivity index (χ1) is 26.1. The summed E-state index contributed by atoms with van der Waals surface area (Å²) >= 11 is 0.917. The van der Waals surface area contributed by atoms with Crippen molar-refractivity contribution in [3.8, 4) is 0 Å². The maximum absolute atomic E-state index is 12.8. The highest BCUT2D eigenvalue weighted by Gasteiger charge is 2.25. The molecule has 0 aromatic heterocycles. The standard InChI is InChI=1S/C42H77N3O8S/c1-3-5-7-9-11-13-15-17-19-21-23-25-27-29-37(46)44-35(42(52)53)31-32-38(47)45-36(41(51)43-33-39(48)49)34-54-40(50)30-28-26-24-22-20-18-16-14-12-10-8-6-4-2/h35-36H,3-34H2,1-2H3,(H,43,51)(H,44,46)(H,45,47)(H,48,49)(H,52,53)/t35-,36-/m0/s1. The largest absolute Gasteiger partial charge is 0.480 e. The highest BCUT2D eigenvalue weighted by molar-refractivity contribution is 8.13. The summed E-state index contributed by atoms with van der Waals surface area (Å²) in [5.41, 5.74) is 0. The number of unbranched alkanes of at least 4 members (excludes halogenated alkanes) is 24. The van der Waals surface area contributed by atoms with E-state index in [-0.39, 0.29) is 36.0 Å². The molecule has 5 N–H and O–H groups in total. The maximum atomic E-state index is 12.8. The van der Waals surface area contributed by atoms with E-state index in [2.05, 4.69) is 29.8 Å². The van der Waals surface area contributed by atoms with Gasteiger partial charge in [0.1, 0.15) is 18.6 Å². The third kappa shape index (κ3) is 33.9. The van der Waals surface area contributed by atoms with E-state index in [4.69, 9.17) is 5.11 Å². The minimum absolute atomic E-state index is 0.0767. The van der Waals surface area contributed by atoms with Gasteiger partial charge in [-0.15, -0.1) is 0 Å². The van der Waals surface area contributed by atoms with Crippen LogP contribution in [0.25, 0.3) is 0 Å². The highest BCUT2D eigenvalue weighted by atomic mass is 32.2. The van der Waals surface area contributed by atoms with Gasteiger partial charge in [0.05, 0.1) is 0 Å². The second kappa shape index (κ2) is 37.3. The highest BCUT2D eigenvalue weighted by Crippen LogP contribution is 2.16. The summed E-state index contributed by atoms with van der Waals surface area (Å²) in [7, 11) is 0. The monoisotopic (exact) mass is 784 g/mol. The average Bonchev–Trinajstić information content (AvgIpc) is 3.14. The maximum Gasteiger partial charge on any atom is 0.326 e. The molecule has 0 radical (unpaired) electrons. The van der Waals surface area contributed by atoms with Gasteiger partial charge in [0, 0.05) is 25.0 Å². The molecule has 0 saturated carbocycles. The Labute approximate surface area is 331 Å². The number of amides is 3. The van der Waals surface area contributed by atoms with Crippen LogP contribution in [0.1, 0.15) is 206 Å². The third-order valence-corrected chi connectivity index (χ3v) is 10.8. The number of carboxylic acid groups (broad SMARTS) is 2. The van der Waals surface area contributed by atoms with Gasteiger partial charge in [-0.05, 0) is 19.3 Å². The van der Waals surface area contributed by atoms with Crippen molar-refractivity contribution >= 4 is 46.5 Å². The Morgan fingerprint density at radius 2 is 0.852 bits per heavy atom. The molecule has 0 unspecified atom stereocenters. The molecule has 11 nitrogen and oxygen atoms in total. The number of carboxylic acids is 2. The molecule has 54 heavy (non-hydrogen) atoms. The normalized spacial score (nSPS) is 12.2. The molecule has 0 heterocycles. The number of rotatable bonds is 39. The molecule has 0 aromatic carbocycles. The summed E-state index contributed by atoms with van der Waals surface area (Å²) in [5.74, 6) is -4.34. The Morgan fingerprint density at radius 1 is 0.481 bits per heavy atom. The molecule has 0 spiro atoms. The van der Waals surface area contributed by atoms with E-state index >= 15 is 0 Å². The molecule has 0 fully saturated rings. The number of hydrogen-bond acceptors (Lipinski definition) is 7. The van der Waals surface area contributed by atoms with E-state index in [0.29, 0.717) is 12.8 Å². The summed E-state index contributed by atoms with van der Waals surface area (Å²) in [6, 6.07) is -2.44. The van der Waals surface area contributed by atoms with Crippen molar-refractivity contribution in [1.82, 2.24) is 16.0 Å². The fourth-order valence-corrected chi connectivity index (χ4v) is 7.25. The van der Waals surface area contributed by atoms with Crippen LogP contribution in [-0.2, 0) is 28.8 Å². The van der Waals surface area contributed by atoms with Crippen molar-refractivity contribution in [3.05, 3.63) is 0 Å². The first kappa shape index (κ1) is 51.4. The van der Waals surface area contributed by atoms with Gasteiger partial charge in [-0.25, -0.2) is 4.79 Å². The van der Waals surface area contributed by atoms with Crippen LogP contribution in [0.5, 0.6) is 0 Å². The van der Waals surface area contributed by atoms with Gasteiger partial charge in [0.2, 0.25) is 17.7 Å². The Kier molecular flexibility index (Phi) is 35.5. The van der Waals surface area contributed by atoms with Gasteiger partial charge in [0.15, 0.2) is 5.12 Å². The zero-order valence-electron chi connectivity index (χ0n) is 34.0. The Hall–Kier alpha value is -2.63. The lowest BCUT2D eigenvalue weighted by Gasteiger charge is -2.19. The minimum atomic E-state index is -1.26. The van der Waals surface area contributed by atoms with Crippen molar-refractivity contribution in [2.45, 2.75) is 219 Å². The van der Waals surface area contributed by atoms with E-state index in [1.54, 1.807) is 0 Å². The molecular formula is C42H77N3O8S. The van der Waals surface area contributed by atoms with E-state index in [0.717, 1.165) is 56.7 Å². The Morgan fingerprint density at radius 3 is 1.26 bits per heavy atom. The summed E-state index contributed by atoms with van der Waals surface area (Å²) in [6.07, 6.45) is 31.1. The zero-order chi connectivity index (χ0) is 40.1. The van der Waals surface area contributed by atoms with Crippen molar-refractivity contribution in [2.75, 3.05) is 12.3 Å². The van der Waals surface area contributed by atoms with Crippen LogP contribution < -0.4 is 16.0 Å². The molecule has 2 atom stereocenters. The van der Waals surface area contributed by atoms with Gasteiger partial charge < -0.3 is 26.2 Å². The smallest absolute Gasteiger partial charge is 0.326 e. The summed E-state index contributed by atoms with van der Waals surface area (Å²) in [5, 5.41) is 25.8. The van der Waals surface area contributed by atoms with Crippen molar-refractivity contribution in [3.63, 3.8) is 0 Å². The van der Waals surface area contributed by atoms with Crippen LogP contribution in [0.4, 0.5) is 0 Å². The predicted octanol–water partition coefficient (Wildman–Crippen LogP) is 9.24. The number of aliphatic carboxylic acids is 2. The van der Waals surface area contributed by atoms with Crippen LogP contribution in [0.2, 0.25) is 0 Å². The Balaban J connectivity index is 4.41. The molecule has 0 saturated heterocycles. The minimum Gasteiger partial charge on any atom is -0.480 e. The summed E-state index contributed by atoms with van der Waals surface area (Å²) < 4.78 is 0. The molecule has 12 heteroatoms. The summed E-state index contributed by atoms with van der Waals surface area (Å²) in [4.78, 5) is 73.2. The van der Waals surface area contributed by atoms with Crippen LogP contribution in [-0.4, -0.2) is 69.4 Å². The van der Waals surface area contributed by atoms with Gasteiger partial charge in [-0.1, -0.05) is 180 Å². The fraction of sp³-hybridized carbons (Fsp3) is 0.857. The van der Waals surface area contributed by atoms with E-state index in [1.165, 1.54) is 116 Å². The fourth-order valence-electron chi connectivity index (χ4n) is 6.37. The molecule has 3 amide bonds. The quantitative estimate of drug-likeness (QED) is 0.0380. The molecule has 314 valence electrons. The number of hydrogen-bond donors (Lipinski definition) is 5. The van der Waals surface area contributed by atoms with E-state index in [9.17, 15) is 33.9 Å². The predicted molar refractivity (Wildman–Crippen MR) is 219 cm³/mol. The number of thioether (sulfide) groups is 1. The van der Waals surface area contributed by atoms with Crippen molar-refractivity contribution in [2.24, 2.45) is 0 Å². The molecule has 0 aliphatic carbocycles. The van der Waals surface area contributed by atoms with Crippen LogP contribution in [0, 0.1) is 0 Å². The second-order valence-electron chi connectivity index (χ2n) is 14.9. The van der Waals surface area contributed by atoms with Gasteiger partial charge in [-0.2, -0.15) is 0 Å². The first-order valence-corrected chi connectivity index (χ1v) is 22.6. The van der Waals surface area contributed by atoms with Crippen LogP contribution in [0.15, 0.2) is 0 Å². The average molecular weight is 784 g/mol. The van der Waals surface area contributed by atoms with Crippen molar-refractivity contribution < 1.29 is 39.0 Å². The van der Waals surface area contributed by atoms with Crippen LogP contribution >= 0.6 is 11.8 Å². The molecule has 0 aromatic rings. The molecular weight excluding hydrogens is 707 g/mol. The van der Waals surface area contributed by atoms with Gasteiger partial charge in [0.25, 0.3) is 0 Å². The number of carbonyl (C=O) groups excluding carboxylic acids is 4. The Bertz CT molecular complexity index is 1010. The molecule has 0 aliphatic heterocycles. The lowest BCUT2D eigenvalue weighted by molar-refractivity contribution is -0.142. The zero-order valence-corrected chi connectivity index (χ0v) is 34.9. The topological polar surface area (TPSA) is 179 Å². The molecule has 0 bridgehead atoms. The van der Waals surface area contributed by atoms with E-state index in [1.807, 2.05) is 0 Å². The van der Waals surface area contributed by atoms with Gasteiger partial charge >= 0.3 is 11.9 Å².